The molecule has 0 radical (unpaired) electrons. The van der Waals surface area contributed by atoms with Crippen LogP contribution in [0.2, 0.25) is 0 Å². The van der Waals surface area contributed by atoms with E-state index < -0.39 is 0 Å². The Balaban J connectivity index is 1.67. The first-order chi connectivity index (χ1) is 11.9. The molecule has 3 rings (SSSR count). The number of fused-ring (bicyclic) bond motifs is 1. The van der Waals surface area contributed by atoms with Crippen LogP contribution in [0, 0.1) is 19.8 Å². The molecule has 1 fully saturated rings. The minimum Gasteiger partial charge on any atom is -0.369 e. The van der Waals surface area contributed by atoms with Gasteiger partial charge in [0.15, 0.2) is 5.13 Å². The highest BCUT2D eigenvalue weighted by molar-refractivity contribution is 7.22. The predicted octanol–water partition coefficient (Wildman–Crippen LogP) is 2.07. The van der Waals surface area contributed by atoms with Gasteiger partial charge in [-0.25, -0.2) is 4.98 Å². The first-order valence-corrected chi connectivity index (χ1v) is 9.33. The number of carbonyl (C=O) groups excluding carboxylic acids is 2. The number of amides is 2. The van der Waals surface area contributed by atoms with Gasteiger partial charge < -0.3 is 15.5 Å². The fourth-order valence-electron chi connectivity index (χ4n) is 3.20. The molecular weight excluding hydrogens is 336 g/mol. The maximum Gasteiger partial charge on any atom is 0.242 e. The lowest BCUT2D eigenvalue weighted by molar-refractivity contribution is -0.133. The van der Waals surface area contributed by atoms with Gasteiger partial charge in [0.25, 0.3) is 0 Å². The number of piperidine rings is 1. The number of likely N-dealkylation sites (N-methyl/N-ethyl adjacent to an activating group) is 1. The second-order valence-corrected chi connectivity index (χ2v) is 7.76. The largest absolute Gasteiger partial charge is 0.369 e. The van der Waals surface area contributed by atoms with Gasteiger partial charge in [-0.2, -0.15) is 0 Å². The smallest absolute Gasteiger partial charge is 0.242 e. The van der Waals surface area contributed by atoms with Crippen LogP contribution in [-0.4, -0.2) is 48.4 Å². The summed E-state index contributed by atoms with van der Waals surface area (Å²) < 4.78 is 1.18. The van der Waals surface area contributed by atoms with Crippen molar-refractivity contribution in [3.05, 3.63) is 23.3 Å². The van der Waals surface area contributed by atoms with E-state index in [1.54, 1.807) is 11.3 Å². The van der Waals surface area contributed by atoms with Crippen LogP contribution in [0.5, 0.6) is 0 Å². The standard InChI is InChI=1S/C18H24N4O2S/c1-11-4-5-12(2)16-15(11)20-18(25-16)21(3)10-14(23)22-8-6-13(7-9-22)17(19)24/h4-5,13H,6-10H2,1-3H3,(H2,19,24). The van der Waals surface area contributed by atoms with Crippen molar-refractivity contribution in [3.8, 4) is 0 Å². The molecule has 2 heterocycles. The Bertz CT molecular complexity index is 770. The Labute approximate surface area is 151 Å². The first-order valence-electron chi connectivity index (χ1n) is 8.51. The van der Waals surface area contributed by atoms with Gasteiger partial charge in [0, 0.05) is 26.1 Å². The SMILES string of the molecule is Cc1ccc(C)c2sc(N(C)CC(=O)N3CCC(C(N)=O)CC3)nc12. The van der Waals surface area contributed by atoms with Gasteiger partial charge in [0.1, 0.15) is 0 Å². The number of aromatic nitrogens is 1. The zero-order valence-corrected chi connectivity index (χ0v) is 15.7. The number of nitrogens with two attached hydrogens (primary N) is 1. The third-order valence-electron chi connectivity index (χ3n) is 4.88. The van der Waals surface area contributed by atoms with Gasteiger partial charge in [-0.3, -0.25) is 9.59 Å². The van der Waals surface area contributed by atoms with E-state index in [4.69, 9.17) is 10.7 Å². The molecule has 0 spiro atoms. The molecule has 1 aromatic heterocycles. The van der Waals surface area contributed by atoms with Crippen molar-refractivity contribution in [2.24, 2.45) is 11.7 Å². The summed E-state index contributed by atoms with van der Waals surface area (Å²) in [6, 6.07) is 4.18. The molecule has 6 nitrogen and oxygen atoms in total. The molecule has 0 unspecified atom stereocenters. The normalized spacial score (nSPS) is 15.6. The van der Waals surface area contributed by atoms with Crippen LogP contribution in [0.3, 0.4) is 0 Å². The third-order valence-corrected chi connectivity index (χ3v) is 6.18. The molecule has 25 heavy (non-hydrogen) atoms. The van der Waals surface area contributed by atoms with Crippen LogP contribution in [0.15, 0.2) is 12.1 Å². The Hall–Kier alpha value is -2.15. The highest BCUT2D eigenvalue weighted by atomic mass is 32.1. The molecule has 2 amide bonds. The highest BCUT2D eigenvalue weighted by Crippen LogP contribution is 2.32. The summed E-state index contributed by atoms with van der Waals surface area (Å²) in [6.45, 7) is 5.62. The molecular formula is C18H24N4O2S. The van der Waals surface area contributed by atoms with Crippen molar-refractivity contribution >= 4 is 38.5 Å². The Morgan fingerprint density at radius 2 is 1.92 bits per heavy atom. The molecule has 1 aliphatic heterocycles. The topological polar surface area (TPSA) is 79.5 Å². The number of carbonyl (C=O) groups is 2. The lowest BCUT2D eigenvalue weighted by atomic mass is 9.96. The number of likely N-dealkylation sites (tertiary alicyclic amines) is 1. The summed E-state index contributed by atoms with van der Waals surface area (Å²) in [5.74, 6) is -0.292. The molecule has 0 saturated carbocycles. The summed E-state index contributed by atoms with van der Waals surface area (Å²) >= 11 is 1.62. The quantitative estimate of drug-likeness (QED) is 0.905. The molecule has 7 heteroatoms. The van der Waals surface area contributed by atoms with Crippen molar-refractivity contribution < 1.29 is 9.59 Å². The lowest BCUT2D eigenvalue weighted by Gasteiger charge is -2.31. The van der Waals surface area contributed by atoms with E-state index in [9.17, 15) is 9.59 Å². The van der Waals surface area contributed by atoms with E-state index in [-0.39, 0.29) is 17.7 Å². The van der Waals surface area contributed by atoms with E-state index in [0.29, 0.717) is 32.5 Å². The van der Waals surface area contributed by atoms with Gasteiger partial charge >= 0.3 is 0 Å². The Morgan fingerprint density at radius 3 is 2.52 bits per heavy atom. The summed E-state index contributed by atoms with van der Waals surface area (Å²) in [5.41, 5.74) is 8.72. The van der Waals surface area contributed by atoms with Crippen molar-refractivity contribution in [2.45, 2.75) is 26.7 Å². The molecule has 1 aromatic carbocycles. The Morgan fingerprint density at radius 1 is 1.28 bits per heavy atom. The maximum atomic E-state index is 12.6. The molecule has 2 N–H and O–H groups in total. The van der Waals surface area contributed by atoms with E-state index in [1.807, 2.05) is 16.8 Å². The van der Waals surface area contributed by atoms with E-state index >= 15 is 0 Å². The summed E-state index contributed by atoms with van der Waals surface area (Å²) in [7, 11) is 1.90. The van der Waals surface area contributed by atoms with Crippen molar-refractivity contribution in [1.29, 1.82) is 0 Å². The number of benzene rings is 1. The zero-order chi connectivity index (χ0) is 18.1. The van der Waals surface area contributed by atoms with Crippen molar-refractivity contribution in [2.75, 3.05) is 31.6 Å². The molecule has 0 bridgehead atoms. The average molecular weight is 360 g/mol. The Kier molecular flexibility index (Phi) is 4.94. The number of primary amides is 1. The van der Waals surface area contributed by atoms with Crippen LogP contribution < -0.4 is 10.6 Å². The monoisotopic (exact) mass is 360 g/mol. The number of hydrogen-bond donors (Lipinski definition) is 1. The molecule has 134 valence electrons. The van der Waals surface area contributed by atoms with Crippen LogP contribution in [0.1, 0.15) is 24.0 Å². The fourth-order valence-corrected chi connectivity index (χ4v) is 4.27. The molecule has 2 aromatic rings. The number of nitrogens with zero attached hydrogens (tertiary/aromatic N) is 3. The van der Waals surface area contributed by atoms with Crippen molar-refractivity contribution in [1.82, 2.24) is 9.88 Å². The fraction of sp³-hybridized carbons (Fsp3) is 0.500. The molecule has 0 aliphatic carbocycles. The molecule has 1 aliphatic rings. The van der Waals surface area contributed by atoms with E-state index in [2.05, 4.69) is 26.0 Å². The number of thiazole rings is 1. The summed E-state index contributed by atoms with van der Waals surface area (Å²) in [4.78, 5) is 32.2. The minimum atomic E-state index is -0.260. The van der Waals surface area contributed by atoms with Gasteiger partial charge in [0.05, 0.1) is 16.8 Å². The average Bonchev–Trinajstić information content (AvgIpc) is 3.05. The van der Waals surface area contributed by atoms with Gasteiger partial charge in [-0.1, -0.05) is 23.5 Å². The number of rotatable bonds is 4. The van der Waals surface area contributed by atoms with Gasteiger partial charge in [-0.05, 0) is 37.8 Å². The van der Waals surface area contributed by atoms with E-state index in [0.717, 1.165) is 16.2 Å². The second-order valence-electron chi connectivity index (χ2n) is 6.79. The number of hydrogen-bond acceptors (Lipinski definition) is 5. The number of anilines is 1. The lowest BCUT2D eigenvalue weighted by Crippen LogP contribution is -2.45. The van der Waals surface area contributed by atoms with Crippen LogP contribution in [0.4, 0.5) is 5.13 Å². The van der Waals surface area contributed by atoms with Crippen LogP contribution in [-0.2, 0) is 9.59 Å². The number of aryl methyl sites for hydroxylation is 2. The van der Waals surface area contributed by atoms with Gasteiger partial charge in [-0.15, -0.1) is 0 Å². The zero-order valence-electron chi connectivity index (χ0n) is 14.9. The minimum absolute atomic E-state index is 0.0677. The highest BCUT2D eigenvalue weighted by Gasteiger charge is 2.26. The maximum absolute atomic E-state index is 12.6. The van der Waals surface area contributed by atoms with E-state index in [1.165, 1.54) is 10.3 Å². The van der Waals surface area contributed by atoms with Gasteiger partial charge in [0.2, 0.25) is 11.8 Å². The molecule has 0 atom stereocenters. The van der Waals surface area contributed by atoms with Crippen LogP contribution in [0.25, 0.3) is 10.2 Å². The third kappa shape index (κ3) is 3.61. The first kappa shape index (κ1) is 17.7. The second kappa shape index (κ2) is 7.00. The van der Waals surface area contributed by atoms with Crippen molar-refractivity contribution in [3.63, 3.8) is 0 Å². The molecule has 1 saturated heterocycles. The van der Waals surface area contributed by atoms with Crippen LogP contribution >= 0.6 is 11.3 Å². The summed E-state index contributed by atoms with van der Waals surface area (Å²) in [5, 5.41) is 0.854. The predicted molar refractivity (Wildman–Crippen MR) is 101 cm³/mol. The summed E-state index contributed by atoms with van der Waals surface area (Å²) in [6.07, 6.45) is 1.31.